The molecule has 1 aliphatic heterocycles. The number of nitrogens with one attached hydrogen (secondary N) is 1. The van der Waals surface area contributed by atoms with Gasteiger partial charge in [-0.2, -0.15) is 4.98 Å². The Balaban J connectivity index is 1.34. The van der Waals surface area contributed by atoms with Gasteiger partial charge in [-0.25, -0.2) is 4.98 Å². The molecular formula is C17H23N5O2. The van der Waals surface area contributed by atoms with Gasteiger partial charge in [0.1, 0.15) is 0 Å². The van der Waals surface area contributed by atoms with E-state index in [0.29, 0.717) is 17.8 Å². The minimum atomic E-state index is -0.00373. The Morgan fingerprint density at radius 3 is 3.04 bits per heavy atom. The van der Waals surface area contributed by atoms with Gasteiger partial charge in [0.25, 0.3) is 0 Å². The van der Waals surface area contributed by atoms with Gasteiger partial charge >= 0.3 is 0 Å². The van der Waals surface area contributed by atoms with Crippen LogP contribution in [-0.2, 0) is 24.2 Å². The van der Waals surface area contributed by atoms with Crippen molar-refractivity contribution in [2.24, 2.45) is 0 Å². The minimum Gasteiger partial charge on any atom is -0.353 e. The Morgan fingerprint density at radius 2 is 2.17 bits per heavy atom. The summed E-state index contributed by atoms with van der Waals surface area (Å²) in [7, 11) is 0. The van der Waals surface area contributed by atoms with Crippen molar-refractivity contribution in [2.75, 3.05) is 0 Å². The second kappa shape index (κ2) is 6.75. The lowest BCUT2D eigenvalue weighted by Gasteiger charge is -2.22. The molecule has 2 aromatic heterocycles. The van der Waals surface area contributed by atoms with Crippen molar-refractivity contribution in [1.82, 2.24) is 25.0 Å². The first kappa shape index (κ1) is 15.4. The number of imidazole rings is 1. The van der Waals surface area contributed by atoms with E-state index >= 15 is 0 Å². The maximum Gasteiger partial charge on any atom is 0.230 e. The number of nitrogens with zero attached hydrogens (tertiary/aromatic N) is 4. The maximum absolute atomic E-state index is 12.2. The van der Waals surface area contributed by atoms with Gasteiger partial charge in [-0.05, 0) is 19.3 Å². The van der Waals surface area contributed by atoms with Crippen LogP contribution in [0.3, 0.4) is 0 Å². The van der Waals surface area contributed by atoms with Crippen LogP contribution in [0.2, 0.25) is 0 Å². The number of rotatable bonds is 4. The number of hydrogen-bond donors (Lipinski definition) is 1. The van der Waals surface area contributed by atoms with Crippen molar-refractivity contribution in [3.05, 3.63) is 29.9 Å². The predicted molar refractivity (Wildman–Crippen MR) is 86.3 cm³/mol. The highest BCUT2D eigenvalue weighted by atomic mass is 16.5. The third kappa shape index (κ3) is 3.34. The summed E-state index contributed by atoms with van der Waals surface area (Å²) in [4.78, 5) is 20.8. The van der Waals surface area contributed by atoms with Gasteiger partial charge in [-0.1, -0.05) is 24.4 Å². The smallest absolute Gasteiger partial charge is 0.230 e. The van der Waals surface area contributed by atoms with E-state index < -0.39 is 0 Å². The molecule has 0 radical (unpaired) electrons. The Labute approximate surface area is 140 Å². The number of hydrogen-bond acceptors (Lipinski definition) is 5. The first-order valence-corrected chi connectivity index (χ1v) is 8.89. The van der Waals surface area contributed by atoms with Crippen molar-refractivity contribution < 1.29 is 9.32 Å². The second-order valence-corrected chi connectivity index (χ2v) is 6.90. The number of carbonyl (C=O) groups is 1. The zero-order valence-electron chi connectivity index (χ0n) is 13.8. The van der Waals surface area contributed by atoms with Crippen LogP contribution in [0.1, 0.15) is 61.9 Å². The molecule has 1 saturated carbocycles. The molecule has 0 bridgehead atoms. The van der Waals surface area contributed by atoms with E-state index in [1.54, 1.807) is 0 Å². The summed E-state index contributed by atoms with van der Waals surface area (Å²) in [6.45, 7) is 0.917. The molecule has 0 unspecified atom stereocenters. The lowest BCUT2D eigenvalue weighted by atomic mass is 9.95. The number of fused-ring (bicyclic) bond motifs is 1. The molecule has 4 rings (SSSR count). The third-order valence-corrected chi connectivity index (χ3v) is 5.09. The molecule has 0 spiro atoms. The van der Waals surface area contributed by atoms with E-state index in [1.807, 2.05) is 12.5 Å². The topological polar surface area (TPSA) is 85.8 Å². The number of carbonyl (C=O) groups excluding carboxylic acids is 1. The van der Waals surface area contributed by atoms with E-state index in [1.165, 1.54) is 25.0 Å². The molecule has 2 aromatic rings. The fourth-order valence-corrected chi connectivity index (χ4v) is 3.75. The average molecular weight is 329 g/mol. The Hall–Kier alpha value is -2.18. The number of aryl methyl sites for hydroxylation is 1. The zero-order valence-corrected chi connectivity index (χ0v) is 13.8. The number of amides is 1. The Bertz CT molecular complexity index is 701. The van der Waals surface area contributed by atoms with E-state index in [-0.39, 0.29) is 18.2 Å². The monoisotopic (exact) mass is 329 g/mol. The predicted octanol–water partition coefficient (Wildman–Crippen LogP) is 1.99. The lowest BCUT2D eigenvalue weighted by Crippen LogP contribution is -2.37. The molecule has 1 atom stereocenters. The summed E-state index contributed by atoms with van der Waals surface area (Å²) in [6, 6.07) is 0.316. The van der Waals surface area contributed by atoms with Crippen LogP contribution < -0.4 is 5.32 Å². The molecule has 128 valence electrons. The molecule has 1 N–H and O–H groups in total. The molecule has 24 heavy (non-hydrogen) atoms. The molecule has 7 heteroatoms. The van der Waals surface area contributed by atoms with Crippen LogP contribution in [0.4, 0.5) is 0 Å². The largest absolute Gasteiger partial charge is 0.353 e. The SMILES string of the molecule is O=C(Cc1noc([C@@H]2CCn3cncc3C2)n1)NC1CCCCC1. The highest BCUT2D eigenvalue weighted by Gasteiger charge is 2.25. The van der Waals surface area contributed by atoms with Crippen LogP contribution in [0.25, 0.3) is 0 Å². The molecule has 7 nitrogen and oxygen atoms in total. The summed E-state index contributed by atoms with van der Waals surface area (Å²) in [5.41, 5.74) is 1.20. The van der Waals surface area contributed by atoms with Crippen LogP contribution in [-0.4, -0.2) is 31.6 Å². The van der Waals surface area contributed by atoms with Crippen molar-refractivity contribution >= 4 is 5.91 Å². The number of aromatic nitrogens is 4. The molecule has 1 amide bonds. The highest BCUT2D eigenvalue weighted by molar-refractivity contribution is 5.78. The van der Waals surface area contributed by atoms with Gasteiger partial charge in [0, 0.05) is 36.8 Å². The van der Waals surface area contributed by atoms with Crippen LogP contribution in [0.15, 0.2) is 17.0 Å². The van der Waals surface area contributed by atoms with Crippen molar-refractivity contribution in [1.29, 1.82) is 0 Å². The first-order chi connectivity index (χ1) is 11.8. The quantitative estimate of drug-likeness (QED) is 0.927. The lowest BCUT2D eigenvalue weighted by molar-refractivity contribution is -0.121. The summed E-state index contributed by atoms with van der Waals surface area (Å²) in [5, 5.41) is 7.09. The average Bonchev–Trinajstić information content (AvgIpc) is 3.24. The molecule has 0 aromatic carbocycles. The summed E-state index contributed by atoms with van der Waals surface area (Å²) in [6.07, 6.45) is 11.6. The van der Waals surface area contributed by atoms with E-state index in [0.717, 1.165) is 32.2 Å². The molecule has 3 heterocycles. The van der Waals surface area contributed by atoms with Crippen molar-refractivity contribution in [2.45, 2.75) is 69.9 Å². The minimum absolute atomic E-state index is 0.00373. The normalized spacial score (nSPS) is 21.4. The van der Waals surface area contributed by atoms with E-state index in [9.17, 15) is 4.79 Å². The summed E-state index contributed by atoms with van der Waals surface area (Å²) in [5.74, 6) is 1.34. The highest BCUT2D eigenvalue weighted by Crippen LogP contribution is 2.28. The van der Waals surface area contributed by atoms with E-state index in [4.69, 9.17) is 4.52 Å². The van der Waals surface area contributed by atoms with E-state index in [2.05, 4.69) is 25.0 Å². The zero-order chi connectivity index (χ0) is 16.4. The summed E-state index contributed by atoms with van der Waals surface area (Å²) >= 11 is 0. The standard InChI is InChI=1S/C17H23N5O2/c23-16(19-13-4-2-1-3-5-13)9-15-20-17(24-21-15)12-6-7-22-11-18-10-14(22)8-12/h10-13H,1-9H2,(H,19,23)/t12-/m1/s1. The van der Waals surface area contributed by atoms with Gasteiger partial charge in [-0.15, -0.1) is 0 Å². The fourth-order valence-electron chi connectivity index (χ4n) is 3.75. The molecule has 2 aliphatic rings. The van der Waals surface area contributed by atoms with Gasteiger partial charge in [0.2, 0.25) is 11.8 Å². The van der Waals surface area contributed by atoms with Gasteiger partial charge in [0.15, 0.2) is 5.82 Å². The fraction of sp³-hybridized carbons (Fsp3) is 0.647. The van der Waals surface area contributed by atoms with Crippen LogP contribution >= 0.6 is 0 Å². The maximum atomic E-state index is 12.2. The Morgan fingerprint density at radius 1 is 1.29 bits per heavy atom. The molecule has 1 fully saturated rings. The van der Waals surface area contributed by atoms with Gasteiger partial charge in [0.05, 0.1) is 12.7 Å². The summed E-state index contributed by atoms with van der Waals surface area (Å²) < 4.78 is 7.57. The Kier molecular flexibility index (Phi) is 4.32. The van der Waals surface area contributed by atoms with Crippen molar-refractivity contribution in [3.63, 3.8) is 0 Å². The van der Waals surface area contributed by atoms with Gasteiger partial charge < -0.3 is 14.4 Å². The van der Waals surface area contributed by atoms with Crippen LogP contribution in [0.5, 0.6) is 0 Å². The second-order valence-electron chi connectivity index (χ2n) is 6.90. The molecular weight excluding hydrogens is 306 g/mol. The van der Waals surface area contributed by atoms with Gasteiger partial charge in [-0.3, -0.25) is 4.79 Å². The van der Waals surface area contributed by atoms with Crippen LogP contribution in [0, 0.1) is 0 Å². The molecule has 1 aliphatic carbocycles. The first-order valence-electron chi connectivity index (χ1n) is 8.89. The van der Waals surface area contributed by atoms with Crippen molar-refractivity contribution in [3.8, 4) is 0 Å². The third-order valence-electron chi connectivity index (χ3n) is 5.09. The molecule has 0 saturated heterocycles.